The number of carbonyl (C=O) groups excluding carboxylic acids is 1. The fourth-order valence-electron chi connectivity index (χ4n) is 6.18. The number of sulfonamides is 1. The molecule has 172 valence electrons. The molecule has 2 aliphatic carbocycles. The molecule has 1 aromatic rings. The predicted octanol–water partition coefficient (Wildman–Crippen LogP) is 2.82. The van der Waals surface area contributed by atoms with Crippen LogP contribution in [0.15, 0.2) is 23.1 Å². The number of hydrogen-bond acceptors (Lipinski definition) is 5. The number of hydrogen-bond donors (Lipinski definition) is 3. The molecular formula is C23H35N3O4S. The Kier molecular flexibility index (Phi) is 5.63. The monoisotopic (exact) mass is 449 g/mol. The van der Waals surface area contributed by atoms with Gasteiger partial charge in [0, 0.05) is 31.7 Å². The summed E-state index contributed by atoms with van der Waals surface area (Å²) in [6.07, 6.45) is 3.84. The predicted molar refractivity (Wildman–Crippen MR) is 120 cm³/mol. The van der Waals surface area contributed by atoms with Gasteiger partial charge in [-0.1, -0.05) is 20.8 Å². The molecule has 0 spiro atoms. The topological polar surface area (TPSA) is 98.7 Å². The number of carbonyl (C=O) groups is 1. The van der Waals surface area contributed by atoms with Crippen LogP contribution in [0.25, 0.3) is 0 Å². The number of rotatable bonds is 5. The van der Waals surface area contributed by atoms with Gasteiger partial charge in [0.1, 0.15) is 4.90 Å². The highest BCUT2D eigenvalue weighted by molar-refractivity contribution is 7.89. The van der Waals surface area contributed by atoms with E-state index in [1.807, 2.05) is 0 Å². The van der Waals surface area contributed by atoms with Gasteiger partial charge in [0.05, 0.1) is 11.8 Å². The maximum Gasteiger partial charge on any atom is 0.251 e. The summed E-state index contributed by atoms with van der Waals surface area (Å²) in [6, 6.07) is 4.90. The van der Waals surface area contributed by atoms with Crippen LogP contribution < -0.4 is 10.6 Å². The molecule has 3 N–H and O–H groups in total. The minimum Gasteiger partial charge on any atom is -0.393 e. The van der Waals surface area contributed by atoms with E-state index < -0.39 is 16.1 Å². The molecule has 31 heavy (non-hydrogen) atoms. The maximum atomic E-state index is 13.3. The fourth-order valence-corrected chi connectivity index (χ4v) is 7.88. The van der Waals surface area contributed by atoms with Crippen LogP contribution in [0.1, 0.15) is 63.2 Å². The van der Waals surface area contributed by atoms with E-state index in [-0.39, 0.29) is 40.8 Å². The number of anilines is 1. The molecule has 2 saturated carbocycles. The van der Waals surface area contributed by atoms with Gasteiger partial charge in [-0.3, -0.25) is 4.79 Å². The van der Waals surface area contributed by atoms with Crippen LogP contribution in [-0.2, 0) is 10.0 Å². The number of nitrogens with zero attached hydrogens (tertiary/aromatic N) is 1. The lowest BCUT2D eigenvalue weighted by atomic mass is 9.68. The van der Waals surface area contributed by atoms with Gasteiger partial charge in [-0.2, -0.15) is 4.31 Å². The van der Waals surface area contributed by atoms with Crippen LogP contribution in [0.3, 0.4) is 0 Å². The molecule has 7 nitrogen and oxygen atoms in total. The molecule has 1 heterocycles. The third-order valence-corrected chi connectivity index (χ3v) is 10.0. The van der Waals surface area contributed by atoms with Gasteiger partial charge in [0.25, 0.3) is 5.91 Å². The summed E-state index contributed by atoms with van der Waals surface area (Å²) < 4.78 is 28.0. The summed E-state index contributed by atoms with van der Waals surface area (Å²) in [5.74, 6) is 0.389. The molecule has 3 aliphatic rings. The molecule has 1 aromatic carbocycles. The summed E-state index contributed by atoms with van der Waals surface area (Å²) in [5.41, 5.74) is 0.946. The van der Waals surface area contributed by atoms with Crippen molar-refractivity contribution in [2.75, 3.05) is 25.5 Å². The van der Waals surface area contributed by atoms with Gasteiger partial charge in [0.15, 0.2) is 0 Å². The van der Waals surface area contributed by atoms with Crippen molar-refractivity contribution in [1.29, 1.82) is 0 Å². The van der Waals surface area contributed by atoms with Gasteiger partial charge in [0.2, 0.25) is 10.0 Å². The largest absolute Gasteiger partial charge is 0.393 e. The van der Waals surface area contributed by atoms with Gasteiger partial charge in [-0.05, 0) is 67.1 Å². The molecule has 8 heteroatoms. The van der Waals surface area contributed by atoms with E-state index in [0.717, 1.165) is 12.8 Å². The Hall–Kier alpha value is -1.64. The number of aliphatic hydroxyl groups excluding tert-OH is 1. The van der Waals surface area contributed by atoms with Gasteiger partial charge >= 0.3 is 0 Å². The van der Waals surface area contributed by atoms with Crippen molar-refractivity contribution in [1.82, 2.24) is 9.62 Å². The molecule has 1 saturated heterocycles. The molecule has 3 unspecified atom stereocenters. The summed E-state index contributed by atoms with van der Waals surface area (Å²) in [7, 11) is -2.10. The van der Waals surface area contributed by atoms with Crippen LogP contribution in [-0.4, -0.2) is 56.0 Å². The first kappa shape index (κ1) is 22.6. The second kappa shape index (κ2) is 7.74. The maximum absolute atomic E-state index is 13.3. The van der Waals surface area contributed by atoms with Crippen LogP contribution in [0.2, 0.25) is 0 Å². The second-order valence-electron chi connectivity index (χ2n) is 10.4. The van der Waals surface area contributed by atoms with Crippen molar-refractivity contribution >= 4 is 21.6 Å². The molecule has 3 atom stereocenters. The first-order chi connectivity index (χ1) is 14.5. The van der Waals surface area contributed by atoms with E-state index in [4.69, 9.17) is 0 Å². The Balaban J connectivity index is 1.61. The Labute approximate surface area is 185 Å². The van der Waals surface area contributed by atoms with Crippen molar-refractivity contribution in [2.45, 2.75) is 69.9 Å². The zero-order chi connectivity index (χ0) is 22.6. The zero-order valence-electron chi connectivity index (χ0n) is 18.9. The van der Waals surface area contributed by atoms with E-state index in [1.165, 1.54) is 16.8 Å². The Morgan fingerprint density at radius 3 is 2.42 bits per heavy atom. The number of piperidine rings is 1. The summed E-state index contributed by atoms with van der Waals surface area (Å²) in [4.78, 5) is 13.3. The fraction of sp³-hybridized carbons (Fsp3) is 0.696. The van der Waals surface area contributed by atoms with Crippen molar-refractivity contribution < 1.29 is 18.3 Å². The van der Waals surface area contributed by atoms with Crippen molar-refractivity contribution in [3.05, 3.63) is 23.8 Å². The normalized spacial score (nSPS) is 31.0. The molecule has 3 fully saturated rings. The van der Waals surface area contributed by atoms with Crippen molar-refractivity contribution in [3.63, 3.8) is 0 Å². The van der Waals surface area contributed by atoms with E-state index in [0.29, 0.717) is 30.0 Å². The van der Waals surface area contributed by atoms with Gasteiger partial charge in [-0.25, -0.2) is 8.42 Å². The van der Waals surface area contributed by atoms with Crippen LogP contribution >= 0.6 is 0 Å². The average molecular weight is 450 g/mol. The first-order valence-corrected chi connectivity index (χ1v) is 12.7. The SMILES string of the molecule is CNc1ccc(C(=O)NC2C3(C)CCC(C3)C2(C)C)cc1S(=O)(=O)N1CCC(O)CC1. The van der Waals surface area contributed by atoms with Crippen molar-refractivity contribution in [3.8, 4) is 0 Å². The number of fused-ring (bicyclic) bond motifs is 2. The Morgan fingerprint density at radius 1 is 1.16 bits per heavy atom. The number of aliphatic hydroxyl groups is 1. The van der Waals surface area contributed by atoms with E-state index in [9.17, 15) is 18.3 Å². The molecule has 1 aliphatic heterocycles. The second-order valence-corrected chi connectivity index (χ2v) is 12.3. The molecule has 4 rings (SSSR count). The highest BCUT2D eigenvalue weighted by Crippen LogP contribution is 2.62. The number of nitrogens with one attached hydrogen (secondary N) is 2. The third-order valence-electron chi connectivity index (χ3n) is 8.10. The lowest BCUT2D eigenvalue weighted by Gasteiger charge is -2.43. The van der Waals surface area contributed by atoms with Crippen LogP contribution in [0, 0.1) is 16.7 Å². The summed E-state index contributed by atoms with van der Waals surface area (Å²) in [6.45, 7) is 7.28. The molecule has 0 radical (unpaired) electrons. The van der Waals surface area contributed by atoms with Gasteiger partial charge in [-0.15, -0.1) is 0 Å². The van der Waals surface area contributed by atoms with E-state index >= 15 is 0 Å². The smallest absolute Gasteiger partial charge is 0.251 e. The Bertz CT molecular complexity index is 964. The third kappa shape index (κ3) is 3.76. The first-order valence-electron chi connectivity index (χ1n) is 11.3. The molecule has 0 aromatic heterocycles. The van der Waals surface area contributed by atoms with E-state index in [2.05, 4.69) is 31.4 Å². The molecule has 1 amide bonds. The lowest BCUT2D eigenvalue weighted by Crippen LogP contribution is -2.52. The Morgan fingerprint density at radius 2 is 1.84 bits per heavy atom. The number of amides is 1. The van der Waals surface area contributed by atoms with Crippen LogP contribution in [0.4, 0.5) is 5.69 Å². The lowest BCUT2D eigenvalue weighted by molar-refractivity contribution is 0.0737. The van der Waals surface area contributed by atoms with Gasteiger partial charge < -0.3 is 15.7 Å². The number of benzene rings is 1. The summed E-state index contributed by atoms with van der Waals surface area (Å²) >= 11 is 0. The standard InChI is InChI=1S/C23H35N3O4S/c1-22(2)16-7-10-23(3,14-16)21(22)25-20(28)15-5-6-18(24-4)19(13-15)31(29,30)26-11-8-17(27)9-12-26/h5-6,13,16-17,21,24,27H,7-12,14H2,1-4H3,(H,25,28). The highest BCUT2D eigenvalue weighted by atomic mass is 32.2. The highest BCUT2D eigenvalue weighted by Gasteiger charge is 2.59. The summed E-state index contributed by atoms with van der Waals surface area (Å²) in [5, 5.41) is 15.9. The van der Waals surface area contributed by atoms with Crippen LogP contribution in [0.5, 0.6) is 0 Å². The minimum absolute atomic E-state index is 0.0249. The molecular weight excluding hydrogens is 414 g/mol. The quantitative estimate of drug-likeness (QED) is 0.642. The van der Waals surface area contributed by atoms with Crippen molar-refractivity contribution in [2.24, 2.45) is 16.7 Å². The zero-order valence-corrected chi connectivity index (χ0v) is 19.8. The molecule has 2 bridgehead atoms. The minimum atomic E-state index is -3.78. The van der Waals surface area contributed by atoms with E-state index in [1.54, 1.807) is 19.2 Å². The average Bonchev–Trinajstić information content (AvgIpc) is 3.22.